The van der Waals surface area contributed by atoms with Crippen LogP contribution in [-0.4, -0.2) is 18.3 Å². The van der Waals surface area contributed by atoms with Gasteiger partial charge in [-0.3, -0.25) is 0 Å². The fraction of sp³-hybridized carbons (Fsp3) is 0.778. The lowest BCUT2D eigenvalue weighted by Gasteiger charge is -2.27. The van der Waals surface area contributed by atoms with E-state index in [0.717, 1.165) is 32.5 Å². The summed E-state index contributed by atoms with van der Waals surface area (Å²) in [7, 11) is 0. The first-order valence-corrected chi connectivity index (χ1v) is 9.49. The Hall–Kier alpha value is -0.380. The van der Waals surface area contributed by atoms with Crippen LogP contribution in [0.2, 0.25) is 0 Å². The van der Waals surface area contributed by atoms with E-state index in [0.29, 0.717) is 11.8 Å². The summed E-state index contributed by atoms with van der Waals surface area (Å²) in [6, 6.07) is 2.33. The van der Waals surface area contributed by atoms with Gasteiger partial charge in [0.1, 0.15) is 0 Å². The quantitative estimate of drug-likeness (QED) is 0.864. The average Bonchev–Trinajstić information content (AvgIpc) is 3.00. The van der Waals surface area contributed by atoms with Crippen molar-refractivity contribution in [2.24, 2.45) is 5.92 Å². The van der Waals surface area contributed by atoms with E-state index >= 15 is 0 Å². The molecule has 1 aliphatic heterocycles. The van der Waals surface area contributed by atoms with Crippen LogP contribution in [0.4, 0.5) is 0 Å². The van der Waals surface area contributed by atoms with E-state index in [1.807, 2.05) is 11.3 Å². The normalized spacial score (nSPS) is 23.3. The summed E-state index contributed by atoms with van der Waals surface area (Å²) >= 11 is 1.94. The molecule has 2 heterocycles. The van der Waals surface area contributed by atoms with Crippen LogP contribution >= 0.6 is 11.3 Å². The molecule has 0 radical (unpaired) electrons. The molecular formula is C18H28O2S. The van der Waals surface area contributed by atoms with Crippen molar-refractivity contribution >= 4 is 11.3 Å². The number of aliphatic hydroxyl groups is 1. The number of aliphatic hydroxyl groups excluding tert-OH is 1. The summed E-state index contributed by atoms with van der Waals surface area (Å²) in [5.41, 5.74) is 1.25. The lowest BCUT2D eigenvalue weighted by atomic mass is 9.82. The van der Waals surface area contributed by atoms with E-state index in [1.165, 1.54) is 47.4 Å². The zero-order valence-corrected chi connectivity index (χ0v) is 14.0. The molecule has 0 amide bonds. The fourth-order valence-corrected chi connectivity index (χ4v) is 5.19. The van der Waals surface area contributed by atoms with Gasteiger partial charge >= 0.3 is 0 Å². The molecule has 1 saturated heterocycles. The third-order valence-corrected chi connectivity index (χ3v) is 6.68. The van der Waals surface area contributed by atoms with Gasteiger partial charge in [-0.25, -0.2) is 0 Å². The summed E-state index contributed by atoms with van der Waals surface area (Å²) in [5, 5.41) is 10.9. The summed E-state index contributed by atoms with van der Waals surface area (Å²) in [6.45, 7) is 4.01. The van der Waals surface area contributed by atoms with Crippen molar-refractivity contribution in [3.8, 4) is 0 Å². The van der Waals surface area contributed by atoms with E-state index in [2.05, 4.69) is 13.0 Å². The Bertz CT molecular complexity index is 442. The highest BCUT2D eigenvalue weighted by Gasteiger charge is 2.27. The molecule has 1 atom stereocenters. The fourth-order valence-electron chi connectivity index (χ4n) is 3.88. The third-order valence-electron chi connectivity index (χ3n) is 5.22. The highest BCUT2D eigenvalue weighted by Crippen LogP contribution is 2.41. The zero-order chi connectivity index (χ0) is 14.7. The molecule has 1 N–H and O–H groups in total. The number of ether oxygens (including phenoxy) is 1. The Labute approximate surface area is 132 Å². The van der Waals surface area contributed by atoms with Gasteiger partial charge in [0.25, 0.3) is 0 Å². The molecule has 0 bridgehead atoms. The zero-order valence-electron chi connectivity index (χ0n) is 13.1. The molecule has 1 unspecified atom stereocenters. The van der Waals surface area contributed by atoms with Gasteiger partial charge in [-0.15, -0.1) is 11.3 Å². The van der Waals surface area contributed by atoms with Crippen LogP contribution < -0.4 is 0 Å². The first kappa shape index (κ1) is 15.5. The van der Waals surface area contributed by atoms with Crippen molar-refractivity contribution in [1.29, 1.82) is 0 Å². The number of hydrogen-bond acceptors (Lipinski definition) is 3. The van der Waals surface area contributed by atoms with Crippen molar-refractivity contribution in [2.75, 3.05) is 13.2 Å². The van der Waals surface area contributed by atoms with Gasteiger partial charge in [-0.1, -0.05) is 26.2 Å². The van der Waals surface area contributed by atoms with E-state index in [-0.39, 0.29) is 6.10 Å². The first-order chi connectivity index (χ1) is 10.3. The van der Waals surface area contributed by atoms with Gasteiger partial charge in [-0.05, 0) is 55.6 Å². The number of aryl methyl sites for hydroxylation is 1. The number of rotatable bonds is 4. The smallest absolute Gasteiger partial charge is 0.0829 e. The minimum Gasteiger partial charge on any atom is -0.388 e. The van der Waals surface area contributed by atoms with Gasteiger partial charge < -0.3 is 9.84 Å². The Morgan fingerprint density at radius 1 is 1.19 bits per heavy atom. The van der Waals surface area contributed by atoms with Gasteiger partial charge in [0.2, 0.25) is 0 Å². The Balaban J connectivity index is 1.78. The van der Waals surface area contributed by atoms with E-state index in [9.17, 15) is 5.11 Å². The van der Waals surface area contributed by atoms with Crippen molar-refractivity contribution in [2.45, 2.75) is 70.3 Å². The van der Waals surface area contributed by atoms with E-state index < -0.39 is 0 Å². The molecule has 2 nitrogen and oxygen atoms in total. The van der Waals surface area contributed by atoms with E-state index in [1.54, 1.807) is 0 Å². The maximum absolute atomic E-state index is 10.9. The second kappa shape index (κ2) is 7.26. The summed E-state index contributed by atoms with van der Waals surface area (Å²) < 4.78 is 5.48. The summed E-state index contributed by atoms with van der Waals surface area (Å²) in [6.07, 6.45) is 9.43. The monoisotopic (exact) mass is 308 g/mol. The van der Waals surface area contributed by atoms with Crippen LogP contribution in [0.3, 0.4) is 0 Å². The molecule has 118 valence electrons. The number of hydrogen-bond donors (Lipinski definition) is 1. The van der Waals surface area contributed by atoms with Crippen LogP contribution in [0.25, 0.3) is 0 Å². The van der Waals surface area contributed by atoms with Crippen LogP contribution in [0, 0.1) is 5.92 Å². The van der Waals surface area contributed by atoms with E-state index in [4.69, 9.17) is 4.74 Å². The van der Waals surface area contributed by atoms with Gasteiger partial charge in [0.15, 0.2) is 0 Å². The molecule has 3 heteroatoms. The van der Waals surface area contributed by atoms with Crippen LogP contribution in [0.5, 0.6) is 0 Å². The molecule has 0 aromatic carbocycles. The molecule has 2 aliphatic rings. The predicted octanol–water partition coefficient (Wildman–Crippen LogP) is 4.82. The molecule has 1 saturated carbocycles. The Morgan fingerprint density at radius 2 is 1.90 bits per heavy atom. The van der Waals surface area contributed by atoms with Crippen molar-refractivity contribution in [1.82, 2.24) is 0 Å². The van der Waals surface area contributed by atoms with Crippen LogP contribution in [0.1, 0.15) is 79.2 Å². The lowest BCUT2D eigenvalue weighted by molar-refractivity contribution is 0.0832. The highest BCUT2D eigenvalue weighted by atomic mass is 32.1. The average molecular weight is 308 g/mol. The largest absolute Gasteiger partial charge is 0.388 e. The molecule has 21 heavy (non-hydrogen) atoms. The molecule has 0 spiro atoms. The minimum absolute atomic E-state index is 0.231. The van der Waals surface area contributed by atoms with Gasteiger partial charge in [0, 0.05) is 23.0 Å². The van der Waals surface area contributed by atoms with Crippen molar-refractivity contribution in [3.05, 3.63) is 21.4 Å². The van der Waals surface area contributed by atoms with Crippen molar-refractivity contribution in [3.63, 3.8) is 0 Å². The highest BCUT2D eigenvalue weighted by molar-refractivity contribution is 7.12. The molecule has 1 aromatic heterocycles. The van der Waals surface area contributed by atoms with Gasteiger partial charge in [0.05, 0.1) is 6.10 Å². The maximum atomic E-state index is 10.9. The van der Waals surface area contributed by atoms with Crippen LogP contribution in [-0.2, 0) is 11.2 Å². The van der Waals surface area contributed by atoms with Gasteiger partial charge in [-0.2, -0.15) is 0 Å². The molecule has 2 fully saturated rings. The molecule has 1 aromatic rings. The SMILES string of the molecule is CCc1sc(C2CCOCC2)cc1C(O)C1CCCCC1. The Kier molecular flexibility index (Phi) is 5.36. The van der Waals surface area contributed by atoms with Crippen LogP contribution in [0.15, 0.2) is 6.07 Å². The summed E-state index contributed by atoms with van der Waals surface area (Å²) in [5.74, 6) is 1.14. The third kappa shape index (κ3) is 3.52. The molecular weight excluding hydrogens is 280 g/mol. The first-order valence-electron chi connectivity index (χ1n) is 8.68. The summed E-state index contributed by atoms with van der Waals surface area (Å²) in [4.78, 5) is 2.90. The maximum Gasteiger partial charge on any atom is 0.0829 e. The standard InChI is InChI=1S/C18H28O2S/c1-2-16-15(18(19)14-6-4-3-5-7-14)12-17(21-16)13-8-10-20-11-9-13/h12-14,18-19H,2-11H2,1H3. The second-order valence-corrected chi connectivity index (χ2v) is 7.78. The molecule has 3 rings (SSSR count). The topological polar surface area (TPSA) is 29.5 Å². The minimum atomic E-state index is -0.231. The lowest BCUT2D eigenvalue weighted by Crippen LogP contribution is -2.16. The molecule has 1 aliphatic carbocycles. The Morgan fingerprint density at radius 3 is 2.57 bits per heavy atom. The second-order valence-electron chi connectivity index (χ2n) is 6.61. The van der Waals surface area contributed by atoms with Crippen molar-refractivity contribution < 1.29 is 9.84 Å². The number of thiophene rings is 1. The predicted molar refractivity (Wildman–Crippen MR) is 88.0 cm³/mol.